The van der Waals surface area contributed by atoms with Gasteiger partial charge in [-0.05, 0) is 49.1 Å². The van der Waals surface area contributed by atoms with Gasteiger partial charge in [-0.15, -0.1) is 0 Å². The summed E-state index contributed by atoms with van der Waals surface area (Å²) in [6.45, 7) is 1.93. The van der Waals surface area contributed by atoms with Crippen molar-refractivity contribution in [3.8, 4) is 11.3 Å². The molecule has 2 nitrogen and oxygen atoms in total. The largest absolute Gasteiger partial charge is 0.268 e. The van der Waals surface area contributed by atoms with Crippen molar-refractivity contribution in [2.45, 2.75) is 19.8 Å². The van der Waals surface area contributed by atoms with Crippen LogP contribution in [0.5, 0.6) is 0 Å². The van der Waals surface area contributed by atoms with Gasteiger partial charge in [-0.3, -0.25) is 4.68 Å². The number of rotatable bonds is 4. The first-order chi connectivity index (χ1) is 11.5. The van der Waals surface area contributed by atoms with Crippen LogP contribution in [-0.2, 0) is 19.9 Å². The van der Waals surface area contributed by atoms with Gasteiger partial charge in [-0.1, -0.05) is 24.3 Å². The second kappa shape index (κ2) is 6.51. The Labute approximate surface area is 138 Å². The zero-order chi connectivity index (χ0) is 17.3. The molecule has 0 bridgehead atoms. The molecular weight excluding hydrogens is 313 g/mol. The van der Waals surface area contributed by atoms with Gasteiger partial charge in [0.05, 0.1) is 11.4 Å². The van der Waals surface area contributed by atoms with Crippen molar-refractivity contribution >= 4 is 0 Å². The molecular formula is C19H17F3N2. The van der Waals surface area contributed by atoms with Gasteiger partial charge >= 0.3 is 0 Å². The number of nitrogens with zero attached hydrogens (tertiary/aromatic N) is 2. The summed E-state index contributed by atoms with van der Waals surface area (Å²) in [6, 6.07) is 11.5. The van der Waals surface area contributed by atoms with Gasteiger partial charge in [0.1, 0.15) is 5.82 Å². The van der Waals surface area contributed by atoms with E-state index in [1.54, 1.807) is 0 Å². The Bertz CT molecular complexity index is 867. The number of aryl methyl sites for hydroxylation is 3. The molecule has 0 amide bonds. The van der Waals surface area contributed by atoms with E-state index < -0.39 is 17.5 Å². The molecule has 24 heavy (non-hydrogen) atoms. The summed E-state index contributed by atoms with van der Waals surface area (Å²) in [5.41, 5.74) is 3.68. The topological polar surface area (TPSA) is 17.8 Å². The quantitative estimate of drug-likeness (QED) is 0.639. The standard InChI is InChI=1S/C19H17F3N2/c1-12-11-18(24(2)23-12)14-6-3-13(4-7-14)5-8-15-16(20)9-10-17(21)19(15)22/h3-4,6-7,9-11H,5,8H2,1-2H3. The van der Waals surface area contributed by atoms with Crippen molar-refractivity contribution < 1.29 is 13.2 Å². The molecule has 3 aromatic rings. The van der Waals surface area contributed by atoms with E-state index in [-0.39, 0.29) is 12.0 Å². The van der Waals surface area contributed by atoms with Crippen molar-refractivity contribution in [3.05, 3.63) is 76.7 Å². The van der Waals surface area contributed by atoms with E-state index >= 15 is 0 Å². The van der Waals surface area contributed by atoms with Crippen molar-refractivity contribution in [3.63, 3.8) is 0 Å². The zero-order valence-electron chi connectivity index (χ0n) is 13.5. The Morgan fingerprint density at radius 1 is 0.917 bits per heavy atom. The minimum absolute atomic E-state index is 0.111. The Morgan fingerprint density at radius 3 is 2.21 bits per heavy atom. The van der Waals surface area contributed by atoms with E-state index in [4.69, 9.17) is 0 Å². The van der Waals surface area contributed by atoms with Crippen LogP contribution in [0.2, 0.25) is 0 Å². The molecule has 0 saturated heterocycles. The summed E-state index contributed by atoms with van der Waals surface area (Å²) in [5.74, 6) is -2.83. The molecule has 0 N–H and O–H groups in total. The van der Waals surface area contributed by atoms with Crippen LogP contribution in [0.3, 0.4) is 0 Å². The average Bonchev–Trinajstić information content (AvgIpc) is 2.90. The molecule has 0 aliphatic carbocycles. The molecule has 0 fully saturated rings. The highest BCUT2D eigenvalue weighted by Crippen LogP contribution is 2.22. The lowest BCUT2D eigenvalue weighted by molar-refractivity contribution is 0.479. The second-order valence-corrected chi connectivity index (χ2v) is 5.81. The van der Waals surface area contributed by atoms with E-state index in [1.165, 1.54) is 0 Å². The Kier molecular flexibility index (Phi) is 4.42. The predicted molar refractivity (Wildman–Crippen MR) is 87.1 cm³/mol. The minimum atomic E-state index is -1.10. The normalized spacial score (nSPS) is 11.0. The van der Waals surface area contributed by atoms with Gasteiger partial charge < -0.3 is 0 Å². The first-order valence-electron chi connectivity index (χ1n) is 7.68. The summed E-state index contributed by atoms with van der Waals surface area (Å²) < 4.78 is 42.3. The maximum Gasteiger partial charge on any atom is 0.164 e. The van der Waals surface area contributed by atoms with Crippen LogP contribution in [0.1, 0.15) is 16.8 Å². The summed E-state index contributed by atoms with van der Waals surface area (Å²) in [6.07, 6.45) is 0.543. The highest BCUT2D eigenvalue weighted by atomic mass is 19.2. The van der Waals surface area contributed by atoms with Crippen molar-refractivity contribution in [1.29, 1.82) is 0 Å². The third-order valence-corrected chi connectivity index (χ3v) is 4.05. The lowest BCUT2D eigenvalue weighted by Crippen LogP contribution is -2.01. The molecule has 1 heterocycles. The predicted octanol–water partition coefficient (Wildman–Crippen LogP) is 4.60. The highest BCUT2D eigenvalue weighted by Gasteiger charge is 2.13. The minimum Gasteiger partial charge on any atom is -0.268 e. The van der Waals surface area contributed by atoms with Crippen LogP contribution < -0.4 is 0 Å². The fraction of sp³-hybridized carbons (Fsp3) is 0.211. The monoisotopic (exact) mass is 330 g/mol. The van der Waals surface area contributed by atoms with Gasteiger partial charge in [0, 0.05) is 12.6 Å². The second-order valence-electron chi connectivity index (χ2n) is 5.81. The number of hydrogen-bond acceptors (Lipinski definition) is 1. The van der Waals surface area contributed by atoms with Crippen LogP contribution in [0.15, 0.2) is 42.5 Å². The van der Waals surface area contributed by atoms with Gasteiger partial charge in [0.15, 0.2) is 11.6 Å². The molecule has 0 saturated carbocycles. The van der Waals surface area contributed by atoms with Crippen LogP contribution in [0, 0.1) is 24.4 Å². The van der Waals surface area contributed by atoms with E-state index in [0.717, 1.165) is 34.6 Å². The highest BCUT2D eigenvalue weighted by molar-refractivity contribution is 5.60. The molecule has 0 unspecified atom stereocenters. The van der Waals surface area contributed by atoms with Gasteiger partial charge in [0.25, 0.3) is 0 Å². The molecule has 1 aromatic heterocycles. The molecule has 0 radical (unpaired) electrons. The third kappa shape index (κ3) is 3.20. The van der Waals surface area contributed by atoms with Gasteiger partial charge in [-0.2, -0.15) is 5.10 Å². The number of hydrogen-bond donors (Lipinski definition) is 0. The van der Waals surface area contributed by atoms with Gasteiger partial charge in [0.2, 0.25) is 0 Å². The van der Waals surface area contributed by atoms with Crippen LogP contribution in [0.25, 0.3) is 11.3 Å². The molecule has 3 rings (SSSR count). The average molecular weight is 330 g/mol. The van der Waals surface area contributed by atoms with E-state index in [1.807, 2.05) is 49.0 Å². The Morgan fingerprint density at radius 2 is 1.58 bits per heavy atom. The summed E-state index contributed by atoms with van der Waals surface area (Å²) in [7, 11) is 1.88. The lowest BCUT2D eigenvalue weighted by Gasteiger charge is -2.07. The smallest absolute Gasteiger partial charge is 0.164 e. The van der Waals surface area contributed by atoms with E-state index in [9.17, 15) is 13.2 Å². The molecule has 0 atom stereocenters. The first kappa shape index (κ1) is 16.3. The zero-order valence-corrected chi connectivity index (χ0v) is 13.5. The maximum absolute atomic E-state index is 13.7. The molecule has 0 aliphatic heterocycles. The van der Waals surface area contributed by atoms with E-state index in [0.29, 0.717) is 6.42 Å². The Balaban J connectivity index is 1.76. The van der Waals surface area contributed by atoms with Crippen LogP contribution in [0.4, 0.5) is 13.2 Å². The van der Waals surface area contributed by atoms with Gasteiger partial charge in [-0.25, -0.2) is 13.2 Å². The summed E-state index contributed by atoms with van der Waals surface area (Å²) in [4.78, 5) is 0. The van der Waals surface area contributed by atoms with Crippen molar-refractivity contribution in [2.24, 2.45) is 7.05 Å². The molecule has 0 spiro atoms. The maximum atomic E-state index is 13.7. The fourth-order valence-corrected chi connectivity index (χ4v) is 2.79. The SMILES string of the molecule is Cc1cc(-c2ccc(CCc3c(F)ccc(F)c3F)cc2)n(C)n1. The number of aromatic nitrogens is 2. The van der Waals surface area contributed by atoms with Crippen molar-refractivity contribution in [1.82, 2.24) is 9.78 Å². The summed E-state index contributed by atoms with van der Waals surface area (Å²) in [5, 5.41) is 4.31. The molecule has 124 valence electrons. The van der Waals surface area contributed by atoms with Crippen LogP contribution in [-0.4, -0.2) is 9.78 Å². The number of halogens is 3. The number of benzene rings is 2. The Hall–Kier alpha value is -2.56. The summed E-state index contributed by atoms with van der Waals surface area (Å²) >= 11 is 0. The van der Waals surface area contributed by atoms with Crippen LogP contribution >= 0.6 is 0 Å². The first-order valence-corrected chi connectivity index (χ1v) is 7.68. The lowest BCUT2D eigenvalue weighted by atomic mass is 10.0. The fourth-order valence-electron chi connectivity index (χ4n) is 2.79. The molecule has 2 aromatic carbocycles. The van der Waals surface area contributed by atoms with Crippen molar-refractivity contribution in [2.75, 3.05) is 0 Å². The third-order valence-electron chi connectivity index (χ3n) is 4.05. The molecule has 5 heteroatoms. The van der Waals surface area contributed by atoms with E-state index in [2.05, 4.69) is 5.10 Å². The molecule has 0 aliphatic rings.